The van der Waals surface area contributed by atoms with Gasteiger partial charge in [0.1, 0.15) is 0 Å². The van der Waals surface area contributed by atoms with Crippen LogP contribution in [-0.2, 0) is 9.84 Å². The minimum absolute atomic E-state index is 0.193. The van der Waals surface area contributed by atoms with Crippen LogP contribution in [0.4, 0.5) is 0 Å². The Bertz CT molecular complexity index is 373. The van der Waals surface area contributed by atoms with Gasteiger partial charge in [0.15, 0.2) is 9.84 Å². The summed E-state index contributed by atoms with van der Waals surface area (Å²) in [6, 6.07) is 0.347. The van der Waals surface area contributed by atoms with Crippen molar-refractivity contribution >= 4 is 15.8 Å². The molecule has 0 aromatic carbocycles. The average Bonchev–Trinajstić information content (AvgIpc) is 2.79. The zero-order valence-corrected chi connectivity index (χ0v) is 10.7. The first-order valence-electron chi connectivity index (χ1n) is 6.10. The first kappa shape index (κ1) is 12.6. The van der Waals surface area contributed by atoms with Gasteiger partial charge in [-0.25, -0.2) is 19.3 Å². The maximum Gasteiger partial charge on any atom is 0.208 e. The molecule has 2 rings (SSSR count). The van der Waals surface area contributed by atoms with Crippen LogP contribution < -0.4 is 11.3 Å². The zero-order valence-electron chi connectivity index (χ0n) is 9.93. The number of sulfone groups is 1. The number of hydrazine groups is 1. The van der Waals surface area contributed by atoms with Crippen molar-refractivity contribution in [1.82, 2.24) is 10.3 Å². The summed E-state index contributed by atoms with van der Waals surface area (Å²) in [5.74, 6) is 6.51. The fourth-order valence-electron chi connectivity index (χ4n) is 2.34. The van der Waals surface area contributed by atoms with Gasteiger partial charge in [-0.05, 0) is 12.8 Å². The summed E-state index contributed by atoms with van der Waals surface area (Å²) in [7, 11) is -2.85. The fraction of sp³-hybridized carbons (Fsp3) is 0.900. The van der Waals surface area contributed by atoms with E-state index in [1.54, 1.807) is 0 Å². The van der Waals surface area contributed by atoms with E-state index >= 15 is 0 Å². The molecule has 1 heterocycles. The first-order valence-corrected chi connectivity index (χ1v) is 7.93. The molecule has 0 radical (unpaired) electrons. The first-order chi connectivity index (χ1) is 8.11. The lowest BCUT2D eigenvalue weighted by Crippen LogP contribution is -2.51. The number of rotatable bonds is 1. The predicted octanol–water partition coefficient (Wildman–Crippen LogP) is -0.521. The maximum atomic E-state index is 11.3. The number of aliphatic imine (C=N–C) groups is 1. The highest BCUT2D eigenvalue weighted by Gasteiger charge is 2.24. The molecule has 6 nitrogen and oxygen atoms in total. The third-order valence-corrected chi connectivity index (χ3v) is 5.01. The van der Waals surface area contributed by atoms with Crippen molar-refractivity contribution in [2.24, 2.45) is 10.8 Å². The van der Waals surface area contributed by atoms with Crippen molar-refractivity contribution in [3.05, 3.63) is 0 Å². The number of nitrogens with two attached hydrogens (primary N) is 1. The van der Waals surface area contributed by atoms with Crippen LogP contribution in [0.25, 0.3) is 0 Å². The summed E-state index contributed by atoms with van der Waals surface area (Å²) in [6.07, 6.45) is 4.66. The Labute approximate surface area is 102 Å². The van der Waals surface area contributed by atoms with E-state index < -0.39 is 9.84 Å². The zero-order chi connectivity index (χ0) is 12.3. The summed E-state index contributed by atoms with van der Waals surface area (Å²) in [6.45, 7) is 0.968. The van der Waals surface area contributed by atoms with Crippen molar-refractivity contribution in [2.45, 2.75) is 31.7 Å². The molecule has 7 heteroatoms. The molecular formula is C10H20N4O2S. The van der Waals surface area contributed by atoms with Crippen molar-refractivity contribution in [3.63, 3.8) is 0 Å². The Morgan fingerprint density at radius 2 is 1.82 bits per heavy atom. The van der Waals surface area contributed by atoms with Gasteiger partial charge in [0.05, 0.1) is 17.5 Å². The van der Waals surface area contributed by atoms with E-state index in [0.29, 0.717) is 25.1 Å². The molecule has 3 N–H and O–H groups in total. The minimum atomic E-state index is -2.85. The van der Waals surface area contributed by atoms with Gasteiger partial charge in [0.2, 0.25) is 5.96 Å². The second kappa shape index (κ2) is 5.22. The number of nitrogens with one attached hydrogen (secondary N) is 1. The third-order valence-electron chi connectivity index (χ3n) is 3.40. The van der Waals surface area contributed by atoms with E-state index in [9.17, 15) is 8.42 Å². The monoisotopic (exact) mass is 260 g/mol. The number of nitrogens with zero attached hydrogens (tertiary/aromatic N) is 2. The third kappa shape index (κ3) is 3.32. The Morgan fingerprint density at radius 3 is 2.35 bits per heavy atom. The van der Waals surface area contributed by atoms with Gasteiger partial charge in [0, 0.05) is 13.1 Å². The van der Waals surface area contributed by atoms with Crippen LogP contribution in [-0.4, -0.2) is 49.9 Å². The Hall–Kier alpha value is -0.820. The molecule has 2 fully saturated rings. The van der Waals surface area contributed by atoms with Crippen LogP contribution >= 0.6 is 0 Å². The van der Waals surface area contributed by atoms with Crippen LogP contribution in [0.1, 0.15) is 25.7 Å². The topological polar surface area (TPSA) is 87.8 Å². The van der Waals surface area contributed by atoms with Crippen LogP contribution in [0.15, 0.2) is 4.99 Å². The molecule has 0 unspecified atom stereocenters. The number of hydrogen-bond donors (Lipinski definition) is 2. The van der Waals surface area contributed by atoms with E-state index in [1.807, 2.05) is 4.90 Å². The molecule has 0 spiro atoms. The molecule has 0 atom stereocenters. The summed E-state index contributed by atoms with van der Waals surface area (Å²) in [4.78, 5) is 6.51. The Morgan fingerprint density at radius 1 is 1.24 bits per heavy atom. The van der Waals surface area contributed by atoms with Crippen LogP contribution in [0.5, 0.6) is 0 Å². The molecule has 0 amide bonds. The predicted molar refractivity (Wildman–Crippen MR) is 67.2 cm³/mol. The lowest BCUT2D eigenvalue weighted by atomic mass is 10.3. The van der Waals surface area contributed by atoms with Crippen molar-refractivity contribution in [3.8, 4) is 0 Å². The smallest absolute Gasteiger partial charge is 0.208 e. The summed E-state index contributed by atoms with van der Waals surface area (Å²) in [5, 5.41) is 0. The van der Waals surface area contributed by atoms with Crippen LogP contribution in [0, 0.1) is 0 Å². The molecular weight excluding hydrogens is 240 g/mol. The number of hydrogen-bond acceptors (Lipinski definition) is 4. The fourth-order valence-corrected chi connectivity index (χ4v) is 3.54. The molecule has 1 saturated carbocycles. The summed E-state index contributed by atoms with van der Waals surface area (Å²) < 4.78 is 22.7. The minimum Gasteiger partial charge on any atom is -0.340 e. The highest BCUT2D eigenvalue weighted by molar-refractivity contribution is 7.91. The van der Waals surface area contributed by atoms with Crippen molar-refractivity contribution < 1.29 is 8.42 Å². The van der Waals surface area contributed by atoms with Gasteiger partial charge in [0.25, 0.3) is 0 Å². The highest BCUT2D eigenvalue weighted by Crippen LogP contribution is 2.21. The summed E-state index contributed by atoms with van der Waals surface area (Å²) >= 11 is 0. The standard InChI is InChI=1S/C10H20N4O2S/c11-13-10(12-9-3-1-2-4-9)14-5-7-17(15,16)8-6-14/h9H,1-8,11H2,(H,12,13). The normalized spacial score (nSPS) is 26.2. The van der Waals surface area contributed by atoms with Gasteiger partial charge in [-0.15, -0.1) is 0 Å². The average molecular weight is 260 g/mol. The van der Waals surface area contributed by atoms with Gasteiger partial charge >= 0.3 is 0 Å². The lowest BCUT2D eigenvalue weighted by molar-refractivity contribution is 0.423. The van der Waals surface area contributed by atoms with Gasteiger partial charge in [-0.1, -0.05) is 12.8 Å². The molecule has 1 aliphatic carbocycles. The van der Waals surface area contributed by atoms with Gasteiger partial charge < -0.3 is 4.90 Å². The van der Waals surface area contributed by atoms with Crippen molar-refractivity contribution in [2.75, 3.05) is 24.6 Å². The number of guanidine groups is 1. The molecule has 2 aliphatic rings. The second-order valence-electron chi connectivity index (χ2n) is 4.67. The maximum absolute atomic E-state index is 11.3. The molecule has 1 saturated heterocycles. The van der Waals surface area contributed by atoms with E-state index in [0.717, 1.165) is 12.8 Å². The van der Waals surface area contributed by atoms with E-state index in [4.69, 9.17) is 5.84 Å². The van der Waals surface area contributed by atoms with E-state index in [1.165, 1.54) is 12.8 Å². The lowest BCUT2D eigenvalue weighted by Gasteiger charge is -2.29. The Kier molecular flexibility index (Phi) is 3.88. The molecule has 98 valence electrons. The van der Waals surface area contributed by atoms with Gasteiger partial charge in [-0.2, -0.15) is 0 Å². The largest absolute Gasteiger partial charge is 0.340 e. The van der Waals surface area contributed by atoms with E-state index in [-0.39, 0.29) is 11.5 Å². The quantitative estimate of drug-likeness (QED) is 0.287. The highest BCUT2D eigenvalue weighted by atomic mass is 32.2. The van der Waals surface area contributed by atoms with Crippen molar-refractivity contribution in [1.29, 1.82) is 0 Å². The van der Waals surface area contributed by atoms with Crippen LogP contribution in [0.2, 0.25) is 0 Å². The van der Waals surface area contributed by atoms with Crippen LogP contribution in [0.3, 0.4) is 0 Å². The molecule has 0 aromatic rings. The molecule has 0 aromatic heterocycles. The van der Waals surface area contributed by atoms with E-state index in [2.05, 4.69) is 10.4 Å². The Balaban J connectivity index is 1.99. The molecule has 1 aliphatic heterocycles. The molecule has 17 heavy (non-hydrogen) atoms. The second-order valence-corrected chi connectivity index (χ2v) is 6.98. The SMILES string of the molecule is NNC(=NC1CCCC1)N1CCS(=O)(=O)CC1. The molecule has 0 bridgehead atoms. The summed E-state index contributed by atoms with van der Waals surface area (Å²) in [5.41, 5.74) is 2.61. The van der Waals surface area contributed by atoms with Gasteiger partial charge in [-0.3, -0.25) is 5.43 Å².